The molecule has 2 rings (SSSR count). The highest BCUT2D eigenvalue weighted by molar-refractivity contribution is 5.42. The molecule has 0 unspecified atom stereocenters. The molecule has 16 heavy (non-hydrogen) atoms. The van der Waals surface area contributed by atoms with Crippen LogP contribution in [-0.2, 0) is 17.8 Å². The van der Waals surface area contributed by atoms with Gasteiger partial charge in [0.1, 0.15) is 5.75 Å². The summed E-state index contributed by atoms with van der Waals surface area (Å²) in [6.07, 6.45) is 3.13. The highest BCUT2D eigenvalue weighted by Crippen LogP contribution is 2.38. The third-order valence-electron chi connectivity index (χ3n) is 3.12. The maximum atomic E-state index is 6.14. The van der Waals surface area contributed by atoms with Crippen LogP contribution in [0.5, 0.6) is 5.75 Å². The molecular formula is C13H19NO2. The number of methoxy groups -OCH3 is 2. The molecule has 0 amide bonds. The van der Waals surface area contributed by atoms with Gasteiger partial charge in [-0.15, -0.1) is 0 Å². The fourth-order valence-corrected chi connectivity index (χ4v) is 2.03. The summed E-state index contributed by atoms with van der Waals surface area (Å²) in [7, 11) is 3.39. The van der Waals surface area contributed by atoms with Gasteiger partial charge in [-0.1, -0.05) is 18.2 Å². The lowest BCUT2D eigenvalue weighted by Gasteiger charge is -2.15. The van der Waals surface area contributed by atoms with Gasteiger partial charge in [-0.3, -0.25) is 0 Å². The molecule has 0 aromatic heterocycles. The molecule has 1 aliphatic rings. The number of hydrogen-bond donors (Lipinski definition) is 1. The van der Waals surface area contributed by atoms with Crippen LogP contribution >= 0.6 is 0 Å². The zero-order chi connectivity index (χ0) is 11.6. The van der Waals surface area contributed by atoms with Crippen molar-refractivity contribution < 1.29 is 9.47 Å². The van der Waals surface area contributed by atoms with E-state index in [9.17, 15) is 0 Å². The van der Waals surface area contributed by atoms with Crippen molar-refractivity contribution in [2.45, 2.75) is 31.4 Å². The first-order valence-corrected chi connectivity index (χ1v) is 5.61. The second kappa shape index (κ2) is 4.44. The Bertz CT molecular complexity index is 372. The Morgan fingerprint density at radius 3 is 2.50 bits per heavy atom. The highest BCUT2D eigenvalue weighted by atomic mass is 16.5. The lowest BCUT2D eigenvalue weighted by atomic mass is 10.0. The van der Waals surface area contributed by atoms with E-state index >= 15 is 0 Å². The van der Waals surface area contributed by atoms with Crippen molar-refractivity contribution in [2.75, 3.05) is 14.2 Å². The first-order chi connectivity index (χ1) is 7.68. The van der Waals surface area contributed by atoms with Crippen LogP contribution in [0.15, 0.2) is 18.2 Å². The van der Waals surface area contributed by atoms with Gasteiger partial charge in [0.15, 0.2) is 0 Å². The van der Waals surface area contributed by atoms with Gasteiger partial charge in [-0.25, -0.2) is 0 Å². The summed E-state index contributed by atoms with van der Waals surface area (Å²) in [5, 5.41) is 0. The van der Waals surface area contributed by atoms with Crippen LogP contribution in [0.1, 0.15) is 24.0 Å². The molecule has 1 fully saturated rings. The van der Waals surface area contributed by atoms with Crippen molar-refractivity contribution in [1.82, 2.24) is 0 Å². The predicted molar refractivity (Wildman–Crippen MR) is 63.6 cm³/mol. The summed E-state index contributed by atoms with van der Waals surface area (Å²) in [6, 6.07) is 6.16. The van der Waals surface area contributed by atoms with Gasteiger partial charge in [-0.05, 0) is 24.8 Å². The van der Waals surface area contributed by atoms with Crippen molar-refractivity contribution in [3.05, 3.63) is 29.3 Å². The zero-order valence-electron chi connectivity index (χ0n) is 9.95. The molecule has 88 valence electrons. The molecule has 0 atom stereocenters. The van der Waals surface area contributed by atoms with Gasteiger partial charge >= 0.3 is 0 Å². The van der Waals surface area contributed by atoms with E-state index in [1.807, 2.05) is 12.1 Å². The van der Waals surface area contributed by atoms with Crippen molar-refractivity contribution in [1.29, 1.82) is 0 Å². The van der Waals surface area contributed by atoms with Crippen LogP contribution in [0.25, 0.3) is 0 Å². The maximum absolute atomic E-state index is 6.14. The number of nitrogens with two attached hydrogens (primary N) is 1. The SMILES string of the molecule is COCc1cccc(CC2(N)CC2)c1OC. The van der Waals surface area contributed by atoms with Crippen LogP contribution in [0.4, 0.5) is 0 Å². The van der Waals surface area contributed by atoms with E-state index in [-0.39, 0.29) is 5.54 Å². The Kier molecular flexibility index (Phi) is 3.17. The summed E-state index contributed by atoms with van der Waals surface area (Å²) < 4.78 is 10.6. The highest BCUT2D eigenvalue weighted by Gasteiger charge is 2.38. The summed E-state index contributed by atoms with van der Waals surface area (Å²) in [4.78, 5) is 0. The van der Waals surface area contributed by atoms with E-state index < -0.39 is 0 Å². The van der Waals surface area contributed by atoms with Crippen LogP contribution in [0.2, 0.25) is 0 Å². The quantitative estimate of drug-likeness (QED) is 0.825. The molecule has 1 aromatic rings. The third kappa shape index (κ3) is 2.36. The molecule has 0 saturated heterocycles. The molecule has 1 saturated carbocycles. The average Bonchev–Trinajstić information content (AvgIpc) is 2.97. The van der Waals surface area contributed by atoms with Crippen LogP contribution in [0.3, 0.4) is 0 Å². The fourth-order valence-electron chi connectivity index (χ4n) is 2.03. The van der Waals surface area contributed by atoms with Crippen LogP contribution in [-0.4, -0.2) is 19.8 Å². The van der Waals surface area contributed by atoms with E-state index in [1.165, 1.54) is 5.56 Å². The number of para-hydroxylation sites is 1. The van der Waals surface area contributed by atoms with E-state index in [4.69, 9.17) is 15.2 Å². The number of rotatable bonds is 5. The van der Waals surface area contributed by atoms with Gasteiger partial charge in [0.25, 0.3) is 0 Å². The second-order valence-corrected chi connectivity index (χ2v) is 4.58. The Labute approximate surface area is 96.5 Å². The topological polar surface area (TPSA) is 44.5 Å². The maximum Gasteiger partial charge on any atom is 0.127 e. The molecule has 0 aliphatic heterocycles. The van der Waals surface area contributed by atoms with Gasteiger partial charge < -0.3 is 15.2 Å². The smallest absolute Gasteiger partial charge is 0.127 e. The molecule has 1 aliphatic carbocycles. The third-order valence-corrected chi connectivity index (χ3v) is 3.12. The molecule has 3 heteroatoms. The minimum atomic E-state index is 0.0129. The van der Waals surface area contributed by atoms with Gasteiger partial charge in [-0.2, -0.15) is 0 Å². The minimum Gasteiger partial charge on any atom is -0.496 e. The Morgan fingerprint density at radius 2 is 1.94 bits per heavy atom. The lowest BCUT2D eigenvalue weighted by Crippen LogP contribution is -2.24. The second-order valence-electron chi connectivity index (χ2n) is 4.58. The van der Waals surface area contributed by atoms with Crippen molar-refractivity contribution in [2.24, 2.45) is 5.73 Å². The van der Waals surface area contributed by atoms with Crippen LogP contribution < -0.4 is 10.5 Å². The molecule has 0 heterocycles. The average molecular weight is 221 g/mol. The van der Waals surface area contributed by atoms with E-state index in [1.54, 1.807) is 14.2 Å². The normalized spacial score (nSPS) is 17.2. The Hall–Kier alpha value is -1.06. The monoisotopic (exact) mass is 221 g/mol. The molecule has 0 radical (unpaired) electrons. The van der Waals surface area contributed by atoms with Crippen molar-refractivity contribution in [3.63, 3.8) is 0 Å². The molecule has 0 bridgehead atoms. The van der Waals surface area contributed by atoms with Gasteiger partial charge in [0, 0.05) is 18.2 Å². The summed E-state index contributed by atoms with van der Waals surface area (Å²) in [6.45, 7) is 0.578. The minimum absolute atomic E-state index is 0.0129. The summed E-state index contributed by atoms with van der Waals surface area (Å²) in [5.41, 5.74) is 8.43. The van der Waals surface area contributed by atoms with Gasteiger partial charge in [0.2, 0.25) is 0 Å². The molecular weight excluding hydrogens is 202 g/mol. The predicted octanol–water partition coefficient (Wildman–Crippen LogP) is 1.88. The molecule has 0 spiro atoms. The summed E-state index contributed by atoms with van der Waals surface area (Å²) >= 11 is 0. The van der Waals surface area contributed by atoms with E-state index in [0.29, 0.717) is 6.61 Å². The zero-order valence-corrected chi connectivity index (χ0v) is 9.95. The molecule has 2 N–H and O–H groups in total. The van der Waals surface area contributed by atoms with Gasteiger partial charge in [0.05, 0.1) is 13.7 Å². The lowest BCUT2D eigenvalue weighted by molar-refractivity contribution is 0.181. The first-order valence-electron chi connectivity index (χ1n) is 5.61. The Morgan fingerprint density at radius 1 is 1.25 bits per heavy atom. The summed E-state index contributed by atoms with van der Waals surface area (Å²) in [5.74, 6) is 0.932. The van der Waals surface area contributed by atoms with E-state index in [0.717, 1.165) is 30.6 Å². The first kappa shape index (κ1) is 11.4. The number of benzene rings is 1. The number of ether oxygens (including phenoxy) is 2. The Balaban J connectivity index is 2.25. The standard InChI is InChI=1S/C13H19NO2/c1-15-9-11-5-3-4-10(12(11)16-2)8-13(14)6-7-13/h3-5H,6-9,14H2,1-2H3. The largest absolute Gasteiger partial charge is 0.496 e. The molecule has 3 nitrogen and oxygen atoms in total. The van der Waals surface area contributed by atoms with Crippen molar-refractivity contribution >= 4 is 0 Å². The van der Waals surface area contributed by atoms with Crippen LogP contribution in [0, 0.1) is 0 Å². The van der Waals surface area contributed by atoms with E-state index in [2.05, 4.69) is 6.07 Å². The van der Waals surface area contributed by atoms with Crippen molar-refractivity contribution in [3.8, 4) is 5.75 Å². The molecule has 1 aromatic carbocycles. The fraction of sp³-hybridized carbons (Fsp3) is 0.538. The number of hydrogen-bond acceptors (Lipinski definition) is 3.